The number of hydrogen-bond donors (Lipinski definition) is 0. The highest BCUT2D eigenvalue weighted by Crippen LogP contribution is 2.70. The molecule has 9 unspecified atom stereocenters. The van der Waals surface area contributed by atoms with Gasteiger partial charge in [0.05, 0.1) is 5.92 Å². The van der Waals surface area contributed by atoms with E-state index in [1.165, 1.54) is 50.5 Å². The Balaban J connectivity index is 1.39. The van der Waals surface area contributed by atoms with Crippen LogP contribution in [0.3, 0.4) is 0 Å². The molecule has 1 aliphatic heterocycles. The number of allylic oxidation sites excluding steroid dienone is 2. The van der Waals surface area contributed by atoms with Crippen LogP contribution < -0.4 is 0 Å². The summed E-state index contributed by atoms with van der Waals surface area (Å²) >= 11 is 0. The van der Waals surface area contributed by atoms with Crippen molar-refractivity contribution in [3.8, 4) is 0 Å². The number of hydrogen-bond acceptors (Lipinski definition) is 2. The minimum atomic E-state index is 0.119. The van der Waals surface area contributed by atoms with Gasteiger partial charge in [0.25, 0.3) is 0 Å². The van der Waals surface area contributed by atoms with Crippen LogP contribution in [0.1, 0.15) is 98.8 Å². The maximum absolute atomic E-state index is 12.8. The molecule has 0 spiro atoms. The van der Waals surface area contributed by atoms with Crippen LogP contribution in [-0.2, 0) is 9.53 Å². The average molecular weight is 413 g/mol. The molecule has 0 aromatic carbocycles. The van der Waals surface area contributed by atoms with Gasteiger partial charge in [0.1, 0.15) is 6.10 Å². The van der Waals surface area contributed by atoms with Gasteiger partial charge < -0.3 is 4.74 Å². The number of rotatable bonds is 3. The van der Waals surface area contributed by atoms with Crippen LogP contribution in [-0.4, -0.2) is 12.1 Å². The smallest absolute Gasteiger partial charge is 0.309 e. The van der Waals surface area contributed by atoms with Crippen molar-refractivity contribution in [3.05, 3.63) is 11.6 Å². The van der Waals surface area contributed by atoms with Gasteiger partial charge in [-0.05, 0) is 106 Å². The average Bonchev–Trinajstić information content (AvgIpc) is 3.12. The van der Waals surface area contributed by atoms with Crippen molar-refractivity contribution in [2.24, 2.45) is 52.3 Å². The summed E-state index contributed by atoms with van der Waals surface area (Å²) in [5.74, 6) is 5.08. The molecule has 1 heterocycles. The van der Waals surface area contributed by atoms with Gasteiger partial charge in [-0.1, -0.05) is 45.3 Å². The summed E-state index contributed by atoms with van der Waals surface area (Å²) in [5.41, 5.74) is 2.31. The highest BCUT2D eigenvalue weighted by atomic mass is 16.6. The Morgan fingerprint density at radius 3 is 2.40 bits per heavy atom. The molecule has 5 fully saturated rings. The monoisotopic (exact) mass is 412 g/mol. The zero-order valence-electron chi connectivity index (χ0n) is 20.1. The summed E-state index contributed by atoms with van der Waals surface area (Å²) in [7, 11) is 0. The van der Waals surface area contributed by atoms with Crippen molar-refractivity contribution in [2.45, 2.75) is 105 Å². The molecule has 2 heteroatoms. The minimum Gasteiger partial charge on any atom is -0.462 e. The predicted octanol–water partition coefficient (Wildman–Crippen LogP) is 7.18. The molecule has 168 valence electrons. The SMILES string of the molecule is CC(C)=CCCC1C(=O)OC2CC3(C)C(CCC4C3CCC3[C@H](C)CCCC43C)C21. The van der Waals surface area contributed by atoms with Crippen LogP contribution >= 0.6 is 0 Å². The van der Waals surface area contributed by atoms with Crippen LogP contribution in [0, 0.1) is 52.3 Å². The van der Waals surface area contributed by atoms with Gasteiger partial charge in [-0.2, -0.15) is 0 Å². The summed E-state index contributed by atoms with van der Waals surface area (Å²) in [5, 5.41) is 0. The second kappa shape index (κ2) is 7.38. The van der Waals surface area contributed by atoms with Crippen molar-refractivity contribution in [1.82, 2.24) is 0 Å². The highest BCUT2D eigenvalue weighted by Gasteiger charge is 2.66. The summed E-state index contributed by atoms with van der Waals surface area (Å²) in [6, 6.07) is 0. The molecule has 1 saturated heterocycles. The fraction of sp³-hybridized carbons (Fsp3) is 0.893. The Kier molecular flexibility index (Phi) is 5.18. The Bertz CT molecular complexity index is 720. The minimum absolute atomic E-state index is 0.119. The molecule has 0 aromatic heterocycles. The number of ether oxygens (including phenoxy) is 1. The lowest BCUT2D eigenvalue weighted by molar-refractivity contribution is -0.152. The Morgan fingerprint density at radius 2 is 1.67 bits per heavy atom. The molecule has 10 atom stereocenters. The maximum Gasteiger partial charge on any atom is 0.309 e. The third-order valence-corrected chi connectivity index (χ3v) is 11.1. The van der Waals surface area contributed by atoms with Crippen molar-refractivity contribution in [2.75, 3.05) is 0 Å². The van der Waals surface area contributed by atoms with E-state index in [1.807, 2.05) is 0 Å². The summed E-state index contributed by atoms with van der Waals surface area (Å²) in [4.78, 5) is 12.8. The van der Waals surface area contributed by atoms with E-state index >= 15 is 0 Å². The first kappa shape index (κ1) is 21.1. The molecule has 5 aliphatic rings. The summed E-state index contributed by atoms with van der Waals surface area (Å²) in [6.45, 7) is 12.1. The Labute approximate surface area is 184 Å². The quantitative estimate of drug-likeness (QED) is 0.362. The zero-order valence-corrected chi connectivity index (χ0v) is 20.1. The Hall–Kier alpha value is -0.790. The van der Waals surface area contributed by atoms with Crippen LogP contribution in [0.4, 0.5) is 0 Å². The standard InChI is InChI=1S/C28H44O2/c1-17(2)8-6-10-19-25-23-14-13-21-22(28(23,5)16-24(25)30-26(19)29)12-11-20-18(3)9-7-15-27(20,21)4/h8,18-25H,6-7,9-16H2,1-5H3/t18-,19?,20?,21?,22?,23?,24?,25?,27?,28?/m1/s1. The van der Waals surface area contributed by atoms with Crippen molar-refractivity contribution in [3.63, 3.8) is 0 Å². The Morgan fingerprint density at radius 1 is 1.00 bits per heavy atom. The van der Waals surface area contributed by atoms with Crippen LogP contribution in [0.15, 0.2) is 11.6 Å². The summed E-state index contributed by atoms with van der Waals surface area (Å²) in [6.07, 6.45) is 15.6. The van der Waals surface area contributed by atoms with E-state index in [2.05, 4.69) is 40.7 Å². The second-order valence-electron chi connectivity index (χ2n) is 12.7. The fourth-order valence-corrected chi connectivity index (χ4v) is 9.90. The first-order valence-corrected chi connectivity index (χ1v) is 13.1. The maximum atomic E-state index is 12.8. The summed E-state index contributed by atoms with van der Waals surface area (Å²) < 4.78 is 6.08. The largest absolute Gasteiger partial charge is 0.462 e. The number of fused-ring (bicyclic) bond motifs is 7. The van der Waals surface area contributed by atoms with Crippen LogP contribution in [0.25, 0.3) is 0 Å². The lowest BCUT2D eigenvalue weighted by Crippen LogP contribution is -2.55. The third kappa shape index (κ3) is 2.98. The molecular weight excluding hydrogens is 368 g/mol. The van der Waals surface area contributed by atoms with Gasteiger partial charge in [0.15, 0.2) is 0 Å². The lowest BCUT2D eigenvalue weighted by Gasteiger charge is -2.62. The van der Waals surface area contributed by atoms with E-state index in [0.29, 0.717) is 22.7 Å². The molecule has 0 aromatic rings. The molecule has 4 aliphatic carbocycles. The second-order valence-corrected chi connectivity index (χ2v) is 12.7. The zero-order chi connectivity index (χ0) is 21.3. The molecule has 0 amide bonds. The van der Waals surface area contributed by atoms with E-state index in [1.54, 1.807) is 0 Å². The van der Waals surface area contributed by atoms with Gasteiger partial charge in [-0.25, -0.2) is 0 Å². The van der Waals surface area contributed by atoms with Crippen molar-refractivity contribution < 1.29 is 9.53 Å². The molecule has 0 N–H and O–H groups in total. The van der Waals surface area contributed by atoms with E-state index in [-0.39, 0.29) is 18.0 Å². The number of carbonyl (C=O) groups excluding carboxylic acids is 1. The molecule has 4 saturated carbocycles. The highest BCUT2D eigenvalue weighted by molar-refractivity contribution is 5.75. The van der Waals surface area contributed by atoms with Crippen LogP contribution in [0.2, 0.25) is 0 Å². The van der Waals surface area contributed by atoms with Gasteiger partial charge in [-0.15, -0.1) is 0 Å². The van der Waals surface area contributed by atoms with E-state index < -0.39 is 0 Å². The fourth-order valence-electron chi connectivity index (χ4n) is 9.90. The molecular formula is C28H44O2. The topological polar surface area (TPSA) is 26.3 Å². The number of carbonyl (C=O) groups is 1. The number of esters is 1. The van der Waals surface area contributed by atoms with Gasteiger partial charge in [-0.3, -0.25) is 4.79 Å². The molecule has 0 bridgehead atoms. The molecule has 30 heavy (non-hydrogen) atoms. The molecule has 5 rings (SSSR count). The first-order valence-electron chi connectivity index (χ1n) is 13.1. The molecule has 2 nitrogen and oxygen atoms in total. The third-order valence-electron chi connectivity index (χ3n) is 11.1. The molecule has 0 radical (unpaired) electrons. The van der Waals surface area contributed by atoms with Crippen LogP contribution in [0.5, 0.6) is 0 Å². The first-order chi connectivity index (χ1) is 14.3. The predicted molar refractivity (Wildman–Crippen MR) is 122 cm³/mol. The van der Waals surface area contributed by atoms with Gasteiger partial charge in [0, 0.05) is 5.92 Å². The van der Waals surface area contributed by atoms with Gasteiger partial charge >= 0.3 is 5.97 Å². The van der Waals surface area contributed by atoms with Crippen molar-refractivity contribution in [1.29, 1.82) is 0 Å². The lowest BCUT2D eigenvalue weighted by atomic mass is 9.42. The van der Waals surface area contributed by atoms with E-state index in [4.69, 9.17) is 4.74 Å². The van der Waals surface area contributed by atoms with Crippen molar-refractivity contribution >= 4 is 5.97 Å². The van der Waals surface area contributed by atoms with E-state index in [0.717, 1.165) is 42.9 Å². The van der Waals surface area contributed by atoms with E-state index in [9.17, 15) is 4.79 Å². The van der Waals surface area contributed by atoms with Gasteiger partial charge in [0.2, 0.25) is 0 Å². The normalized spacial score (nSPS) is 52.0.